The number of pyridine rings is 2. The Bertz CT molecular complexity index is 1200. The molecule has 1 saturated heterocycles. The molecule has 4 aromatic rings. The largest absolute Gasteiger partial charge is 0.358 e. The van der Waals surface area contributed by atoms with Crippen molar-refractivity contribution in [2.75, 3.05) is 13.1 Å². The van der Waals surface area contributed by atoms with Crippen LogP contribution in [0, 0.1) is 6.92 Å². The summed E-state index contributed by atoms with van der Waals surface area (Å²) in [7, 11) is 0. The summed E-state index contributed by atoms with van der Waals surface area (Å²) in [5, 5.41) is 1.23. The van der Waals surface area contributed by atoms with Crippen LogP contribution in [-0.2, 0) is 11.2 Å². The maximum atomic E-state index is 13.0. The van der Waals surface area contributed by atoms with Gasteiger partial charge in [-0.15, -0.1) is 0 Å². The number of nitrogens with zero attached hydrogens (tertiary/aromatic N) is 3. The van der Waals surface area contributed by atoms with Crippen LogP contribution in [0.1, 0.15) is 35.7 Å². The molecule has 1 unspecified atom stereocenters. The number of nitrogens with one attached hydrogen (secondary N) is 1. The molecule has 5 heteroatoms. The molecule has 0 radical (unpaired) electrons. The van der Waals surface area contributed by atoms with Crippen LogP contribution in [0.3, 0.4) is 0 Å². The van der Waals surface area contributed by atoms with E-state index < -0.39 is 0 Å². The van der Waals surface area contributed by atoms with Crippen LogP contribution in [0.5, 0.6) is 0 Å². The number of rotatable bonds is 4. The monoisotopic (exact) mass is 410 g/mol. The van der Waals surface area contributed by atoms with E-state index in [0.717, 1.165) is 37.1 Å². The first-order chi connectivity index (χ1) is 15.2. The highest BCUT2D eigenvalue weighted by molar-refractivity contribution is 5.98. The SMILES string of the molecule is Cc1ccc2[nH]c(C3CCCN(C(=O)Cc4ccccn4)C3)c(-c3ccncc3)c2c1. The molecule has 1 atom stereocenters. The second-order valence-corrected chi connectivity index (χ2v) is 8.38. The fourth-order valence-electron chi connectivity index (χ4n) is 4.67. The summed E-state index contributed by atoms with van der Waals surface area (Å²) in [5.74, 6) is 0.429. The molecule has 0 aliphatic carbocycles. The number of aromatic amines is 1. The van der Waals surface area contributed by atoms with Crippen molar-refractivity contribution in [3.05, 3.63) is 84.1 Å². The summed E-state index contributed by atoms with van der Waals surface area (Å²) in [4.78, 5) is 27.2. The predicted octanol–water partition coefficient (Wildman–Crippen LogP) is 4.88. The Kier molecular flexibility index (Phi) is 5.24. The van der Waals surface area contributed by atoms with Crippen LogP contribution in [-0.4, -0.2) is 38.8 Å². The van der Waals surface area contributed by atoms with Crippen molar-refractivity contribution in [2.45, 2.75) is 32.1 Å². The molecular weight excluding hydrogens is 384 g/mol. The number of fused-ring (bicyclic) bond motifs is 1. The van der Waals surface area contributed by atoms with Crippen LogP contribution in [0.15, 0.2) is 67.1 Å². The first-order valence-electron chi connectivity index (χ1n) is 10.9. The van der Waals surface area contributed by atoms with Gasteiger partial charge in [0.05, 0.1) is 6.42 Å². The Morgan fingerprint density at radius 2 is 2.00 bits per heavy atom. The van der Waals surface area contributed by atoms with Gasteiger partial charge >= 0.3 is 0 Å². The Balaban J connectivity index is 1.48. The highest BCUT2D eigenvalue weighted by Crippen LogP contribution is 2.39. The zero-order valence-corrected chi connectivity index (χ0v) is 17.7. The number of piperidine rings is 1. The molecule has 0 spiro atoms. The lowest BCUT2D eigenvalue weighted by Crippen LogP contribution is -2.40. The number of amides is 1. The number of carbonyl (C=O) groups is 1. The number of benzene rings is 1. The van der Waals surface area contributed by atoms with Crippen LogP contribution < -0.4 is 0 Å². The molecule has 1 aliphatic rings. The minimum atomic E-state index is 0.154. The average molecular weight is 411 g/mol. The Hall–Kier alpha value is -3.47. The summed E-state index contributed by atoms with van der Waals surface area (Å²) in [6.45, 7) is 3.67. The summed E-state index contributed by atoms with van der Waals surface area (Å²) in [5.41, 5.74) is 6.84. The summed E-state index contributed by atoms with van der Waals surface area (Å²) < 4.78 is 0. The lowest BCUT2D eigenvalue weighted by Gasteiger charge is -2.33. The van der Waals surface area contributed by atoms with Gasteiger partial charge in [0.2, 0.25) is 5.91 Å². The van der Waals surface area contributed by atoms with Gasteiger partial charge in [-0.3, -0.25) is 14.8 Å². The van der Waals surface area contributed by atoms with E-state index in [1.807, 2.05) is 35.5 Å². The first kappa shape index (κ1) is 19.5. The fourth-order valence-corrected chi connectivity index (χ4v) is 4.67. The van der Waals surface area contributed by atoms with Crippen LogP contribution >= 0.6 is 0 Å². The molecule has 5 rings (SSSR count). The van der Waals surface area contributed by atoms with Gasteiger partial charge in [-0.1, -0.05) is 17.7 Å². The van der Waals surface area contributed by atoms with Gasteiger partial charge in [-0.25, -0.2) is 0 Å². The Morgan fingerprint density at radius 1 is 1.13 bits per heavy atom. The van der Waals surface area contributed by atoms with Crippen molar-refractivity contribution in [1.82, 2.24) is 19.9 Å². The van der Waals surface area contributed by atoms with Crippen LogP contribution in [0.2, 0.25) is 0 Å². The minimum absolute atomic E-state index is 0.154. The maximum Gasteiger partial charge on any atom is 0.228 e. The van der Waals surface area contributed by atoms with Gasteiger partial charge in [0, 0.05) is 65.5 Å². The van der Waals surface area contributed by atoms with Crippen molar-refractivity contribution in [3.63, 3.8) is 0 Å². The standard InChI is InChI=1S/C26H26N4O/c1-18-7-8-23-22(15-18)25(19-9-12-27-13-10-19)26(29-23)20-5-4-14-30(17-20)24(31)16-21-6-2-3-11-28-21/h2-3,6-13,15,20,29H,4-5,14,16-17H2,1H3. The van der Waals surface area contributed by atoms with E-state index in [1.165, 1.54) is 27.8 Å². The van der Waals surface area contributed by atoms with Gasteiger partial charge in [-0.2, -0.15) is 0 Å². The Morgan fingerprint density at radius 3 is 2.81 bits per heavy atom. The third-order valence-electron chi connectivity index (χ3n) is 6.19. The smallest absolute Gasteiger partial charge is 0.228 e. The quantitative estimate of drug-likeness (QED) is 0.521. The number of H-pyrrole nitrogens is 1. The van der Waals surface area contributed by atoms with Crippen molar-refractivity contribution in [1.29, 1.82) is 0 Å². The highest BCUT2D eigenvalue weighted by Gasteiger charge is 2.28. The molecule has 1 aromatic carbocycles. The maximum absolute atomic E-state index is 13.0. The molecule has 1 N–H and O–H groups in total. The second-order valence-electron chi connectivity index (χ2n) is 8.38. The van der Waals surface area contributed by atoms with Crippen molar-refractivity contribution < 1.29 is 4.79 Å². The van der Waals surface area contributed by atoms with E-state index in [1.54, 1.807) is 6.20 Å². The van der Waals surface area contributed by atoms with E-state index >= 15 is 0 Å². The van der Waals surface area contributed by atoms with Gasteiger partial charge in [0.15, 0.2) is 0 Å². The number of aromatic nitrogens is 3. The van der Waals surface area contributed by atoms with E-state index in [0.29, 0.717) is 6.42 Å². The van der Waals surface area contributed by atoms with Gasteiger partial charge in [0.25, 0.3) is 0 Å². The highest BCUT2D eigenvalue weighted by atomic mass is 16.2. The van der Waals surface area contributed by atoms with Gasteiger partial charge in [0.1, 0.15) is 0 Å². The van der Waals surface area contributed by atoms with Crippen molar-refractivity contribution >= 4 is 16.8 Å². The number of carbonyl (C=O) groups excluding carboxylic acids is 1. The molecule has 0 saturated carbocycles. The predicted molar refractivity (Wildman–Crippen MR) is 123 cm³/mol. The van der Waals surface area contributed by atoms with Gasteiger partial charge in [-0.05, 0) is 61.7 Å². The van der Waals surface area contributed by atoms with E-state index in [9.17, 15) is 4.79 Å². The average Bonchev–Trinajstić information content (AvgIpc) is 3.19. The minimum Gasteiger partial charge on any atom is -0.358 e. The molecule has 31 heavy (non-hydrogen) atoms. The third-order valence-corrected chi connectivity index (χ3v) is 6.19. The third kappa shape index (κ3) is 3.96. The molecule has 1 fully saturated rings. The summed E-state index contributed by atoms with van der Waals surface area (Å²) >= 11 is 0. The number of aryl methyl sites for hydroxylation is 1. The lowest BCUT2D eigenvalue weighted by atomic mass is 9.89. The van der Waals surface area contributed by atoms with Crippen molar-refractivity contribution in [3.8, 4) is 11.1 Å². The zero-order valence-electron chi connectivity index (χ0n) is 17.7. The molecule has 4 heterocycles. The number of hydrogen-bond donors (Lipinski definition) is 1. The first-order valence-corrected chi connectivity index (χ1v) is 10.9. The second kappa shape index (κ2) is 8.34. The van der Waals surface area contributed by atoms with E-state index in [-0.39, 0.29) is 11.8 Å². The molecule has 1 amide bonds. The zero-order chi connectivity index (χ0) is 21.2. The van der Waals surface area contributed by atoms with Gasteiger partial charge < -0.3 is 9.88 Å². The lowest BCUT2D eigenvalue weighted by molar-refractivity contribution is -0.131. The van der Waals surface area contributed by atoms with Crippen molar-refractivity contribution in [2.24, 2.45) is 0 Å². The topological polar surface area (TPSA) is 61.9 Å². The number of hydrogen-bond acceptors (Lipinski definition) is 3. The Labute approximate surface area is 182 Å². The fraction of sp³-hybridized carbons (Fsp3) is 0.269. The number of likely N-dealkylation sites (tertiary alicyclic amines) is 1. The van der Waals surface area contributed by atoms with Crippen LogP contribution in [0.4, 0.5) is 0 Å². The van der Waals surface area contributed by atoms with Crippen LogP contribution in [0.25, 0.3) is 22.0 Å². The summed E-state index contributed by atoms with van der Waals surface area (Å²) in [6.07, 6.45) is 7.86. The molecule has 3 aromatic heterocycles. The van der Waals surface area contributed by atoms with E-state index in [4.69, 9.17) is 0 Å². The normalized spacial score (nSPS) is 16.5. The molecule has 156 valence electrons. The molecule has 5 nitrogen and oxygen atoms in total. The summed E-state index contributed by atoms with van der Waals surface area (Å²) in [6, 6.07) is 16.4. The van der Waals surface area contributed by atoms with E-state index in [2.05, 4.69) is 52.2 Å². The molecular formula is C26H26N4O. The molecule has 1 aliphatic heterocycles. The molecule has 0 bridgehead atoms.